The molecule has 1 aliphatic rings. The van der Waals surface area contributed by atoms with Crippen molar-refractivity contribution in [3.8, 4) is 11.5 Å². The molecule has 160 valence electrons. The van der Waals surface area contributed by atoms with Crippen LogP contribution in [0.2, 0.25) is 0 Å². The van der Waals surface area contributed by atoms with Crippen molar-refractivity contribution >= 4 is 22.6 Å². The van der Waals surface area contributed by atoms with E-state index in [1.54, 1.807) is 54.6 Å². The van der Waals surface area contributed by atoms with Crippen LogP contribution in [0.5, 0.6) is 11.5 Å². The smallest absolute Gasteiger partial charge is 0.332 e. The number of ether oxygens (including phenoxy) is 2. The second kappa shape index (κ2) is 8.03. The largest absolute Gasteiger partial charge is 0.454 e. The van der Waals surface area contributed by atoms with Gasteiger partial charge in [-0.2, -0.15) is 0 Å². The highest BCUT2D eigenvalue weighted by Crippen LogP contribution is 2.32. The number of pyridine rings is 1. The van der Waals surface area contributed by atoms with E-state index in [0.29, 0.717) is 28.3 Å². The van der Waals surface area contributed by atoms with Crippen LogP contribution in [0.3, 0.4) is 0 Å². The topological polar surface area (TPSA) is 104 Å². The molecule has 0 saturated heterocycles. The van der Waals surface area contributed by atoms with Gasteiger partial charge in [0.1, 0.15) is 6.54 Å². The standard InChI is InChI=1S/C23H18N4O5/c28-20(25-16-5-2-1-3-6-16)13-26-17-7-4-10-24-21(17)22(29)27(23(26)30)12-15-8-9-18-19(11-15)32-14-31-18/h1-11H,12-14H2,(H,25,28). The number of anilines is 1. The zero-order valence-electron chi connectivity index (χ0n) is 16.9. The third kappa shape index (κ3) is 3.60. The summed E-state index contributed by atoms with van der Waals surface area (Å²) in [5, 5.41) is 2.76. The number of hydrogen-bond acceptors (Lipinski definition) is 6. The minimum Gasteiger partial charge on any atom is -0.454 e. The van der Waals surface area contributed by atoms with Gasteiger partial charge in [-0.1, -0.05) is 24.3 Å². The monoisotopic (exact) mass is 430 g/mol. The number of hydrogen-bond donors (Lipinski definition) is 1. The Hall–Kier alpha value is -4.40. The molecule has 0 bridgehead atoms. The van der Waals surface area contributed by atoms with Gasteiger partial charge in [-0.3, -0.25) is 18.7 Å². The van der Waals surface area contributed by atoms with E-state index in [-0.39, 0.29) is 25.4 Å². The van der Waals surface area contributed by atoms with E-state index >= 15 is 0 Å². The molecule has 2 aromatic carbocycles. The Kier molecular flexibility index (Phi) is 4.91. The van der Waals surface area contributed by atoms with Crippen molar-refractivity contribution in [3.05, 3.63) is 93.3 Å². The van der Waals surface area contributed by atoms with Crippen molar-refractivity contribution < 1.29 is 14.3 Å². The molecule has 0 atom stereocenters. The summed E-state index contributed by atoms with van der Waals surface area (Å²) in [6, 6.07) is 17.4. The summed E-state index contributed by atoms with van der Waals surface area (Å²) in [6.07, 6.45) is 1.48. The Morgan fingerprint density at radius 2 is 1.78 bits per heavy atom. The lowest BCUT2D eigenvalue weighted by Crippen LogP contribution is -2.42. The van der Waals surface area contributed by atoms with Crippen LogP contribution in [0.1, 0.15) is 5.56 Å². The highest BCUT2D eigenvalue weighted by atomic mass is 16.7. The summed E-state index contributed by atoms with van der Waals surface area (Å²) in [4.78, 5) is 43.2. The third-order valence-electron chi connectivity index (χ3n) is 5.12. The van der Waals surface area contributed by atoms with E-state index in [2.05, 4.69) is 10.3 Å². The first-order valence-corrected chi connectivity index (χ1v) is 9.92. The zero-order chi connectivity index (χ0) is 22.1. The molecule has 2 aromatic heterocycles. The van der Waals surface area contributed by atoms with Crippen molar-refractivity contribution in [1.29, 1.82) is 0 Å². The van der Waals surface area contributed by atoms with Crippen LogP contribution >= 0.6 is 0 Å². The third-order valence-corrected chi connectivity index (χ3v) is 5.12. The molecule has 9 nitrogen and oxygen atoms in total. The molecule has 4 aromatic rings. The number of nitrogens with one attached hydrogen (secondary N) is 1. The first-order valence-electron chi connectivity index (χ1n) is 9.92. The van der Waals surface area contributed by atoms with Gasteiger partial charge in [-0.15, -0.1) is 0 Å². The van der Waals surface area contributed by atoms with Crippen molar-refractivity contribution in [2.24, 2.45) is 0 Å². The van der Waals surface area contributed by atoms with Crippen LogP contribution in [0.25, 0.3) is 11.0 Å². The average Bonchev–Trinajstić information content (AvgIpc) is 3.28. The van der Waals surface area contributed by atoms with Gasteiger partial charge in [0, 0.05) is 11.9 Å². The minimum atomic E-state index is -0.601. The Morgan fingerprint density at radius 1 is 0.969 bits per heavy atom. The Labute approximate surface area is 181 Å². The second-order valence-electron chi connectivity index (χ2n) is 7.23. The van der Waals surface area contributed by atoms with Gasteiger partial charge in [0.05, 0.1) is 12.1 Å². The molecule has 1 N–H and O–H groups in total. The molecule has 9 heteroatoms. The van der Waals surface area contributed by atoms with Gasteiger partial charge >= 0.3 is 5.69 Å². The number of amides is 1. The van der Waals surface area contributed by atoms with E-state index in [1.165, 1.54) is 10.8 Å². The lowest BCUT2D eigenvalue weighted by molar-refractivity contribution is -0.116. The van der Waals surface area contributed by atoms with Crippen molar-refractivity contribution in [3.63, 3.8) is 0 Å². The summed E-state index contributed by atoms with van der Waals surface area (Å²) in [6.45, 7) is -0.138. The fourth-order valence-electron chi connectivity index (χ4n) is 3.62. The Bertz CT molecular complexity index is 1440. The minimum absolute atomic E-state index is 0.00112. The van der Waals surface area contributed by atoms with Gasteiger partial charge in [0.2, 0.25) is 12.7 Å². The first-order chi connectivity index (χ1) is 15.6. The molecule has 0 unspecified atom stereocenters. The molecule has 0 radical (unpaired) electrons. The predicted molar refractivity (Wildman–Crippen MR) is 117 cm³/mol. The normalized spacial score (nSPS) is 12.1. The van der Waals surface area contributed by atoms with Gasteiger partial charge in [-0.25, -0.2) is 9.78 Å². The molecule has 1 amide bonds. The highest BCUT2D eigenvalue weighted by Gasteiger charge is 2.18. The summed E-state index contributed by atoms with van der Waals surface area (Å²) in [7, 11) is 0. The van der Waals surface area contributed by atoms with E-state index in [4.69, 9.17) is 9.47 Å². The van der Waals surface area contributed by atoms with Crippen molar-refractivity contribution in [1.82, 2.24) is 14.1 Å². The van der Waals surface area contributed by atoms with Gasteiger partial charge in [0.25, 0.3) is 5.56 Å². The average molecular weight is 430 g/mol. The zero-order valence-corrected chi connectivity index (χ0v) is 16.9. The number of rotatable bonds is 5. The van der Waals surface area contributed by atoms with E-state index < -0.39 is 17.2 Å². The predicted octanol–water partition coefficient (Wildman–Crippen LogP) is 1.97. The molecular weight excluding hydrogens is 412 g/mol. The maximum atomic E-state index is 13.3. The SMILES string of the molecule is O=C(Cn1c(=O)n(Cc2ccc3c(c2)OCO3)c(=O)c2ncccc21)Nc1ccccc1. The number of aromatic nitrogens is 3. The lowest BCUT2D eigenvalue weighted by Gasteiger charge is -2.14. The number of benzene rings is 2. The maximum Gasteiger partial charge on any atom is 0.332 e. The van der Waals surface area contributed by atoms with E-state index in [1.807, 2.05) is 6.07 Å². The molecular formula is C23H18N4O5. The molecule has 32 heavy (non-hydrogen) atoms. The number of carbonyl (C=O) groups is 1. The van der Waals surface area contributed by atoms with Crippen LogP contribution in [0.15, 0.2) is 76.4 Å². The van der Waals surface area contributed by atoms with Crippen molar-refractivity contribution in [2.75, 3.05) is 12.1 Å². The van der Waals surface area contributed by atoms with E-state index in [9.17, 15) is 14.4 Å². The fraction of sp³-hybridized carbons (Fsp3) is 0.130. The highest BCUT2D eigenvalue weighted by molar-refractivity contribution is 5.91. The number of fused-ring (bicyclic) bond motifs is 2. The van der Waals surface area contributed by atoms with Gasteiger partial charge in [0.15, 0.2) is 17.0 Å². The molecule has 3 heterocycles. The molecule has 0 saturated carbocycles. The lowest BCUT2D eigenvalue weighted by atomic mass is 10.2. The summed E-state index contributed by atoms with van der Waals surface area (Å²) in [5.41, 5.74) is 0.582. The molecule has 0 aliphatic carbocycles. The Balaban J connectivity index is 1.54. The van der Waals surface area contributed by atoms with Crippen molar-refractivity contribution in [2.45, 2.75) is 13.1 Å². The fourth-order valence-corrected chi connectivity index (χ4v) is 3.62. The Morgan fingerprint density at radius 3 is 2.62 bits per heavy atom. The van der Waals surface area contributed by atoms with Crippen LogP contribution in [-0.2, 0) is 17.9 Å². The summed E-state index contributed by atoms with van der Waals surface area (Å²) >= 11 is 0. The van der Waals surface area contributed by atoms with Crippen LogP contribution in [-0.4, -0.2) is 26.8 Å². The van der Waals surface area contributed by atoms with Crippen LogP contribution < -0.4 is 26.0 Å². The molecule has 1 aliphatic heterocycles. The summed E-state index contributed by atoms with van der Waals surface area (Å²) < 4.78 is 13.0. The van der Waals surface area contributed by atoms with Crippen LogP contribution in [0.4, 0.5) is 5.69 Å². The molecule has 5 rings (SSSR count). The first kappa shape index (κ1) is 19.6. The quantitative estimate of drug-likeness (QED) is 0.519. The number of carbonyl (C=O) groups excluding carboxylic acids is 1. The van der Waals surface area contributed by atoms with Gasteiger partial charge in [-0.05, 0) is 42.0 Å². The second-order valence-corrected chi connectivity index (χ2v) is 7.23. The molecule has 0 fully saturated rings. The number of nitrogens with zero attached hydrogens (tertiary/aromatic N) is 3. The number of para-hydroxylation sites is 1. The molecule has 0 spiro atoms. The maximum absolute atomic E-state index is 13.3. The van der Waals surface area contributed by atoms with Crippen LogP contribution in [0, 0.1) is 0 Å². The summed E-state index contributed by atoms with van der Waals surface area (Å²) in [5.74, 6) is 0.769. The van der Waals surface area contributed by atoms with Gasteiger partial charge < -0.3 is 14.8 Å². The van der Waals surface area contributed by atoms with E-state index in [0.717, 1.165) is 4.57 Å².